The average Bonchev–Trinajstić information content (AvgIpc) is 2.67. The number of methoxy groups -OCH3 is 1. The lowest BCUT2D eigenvalue weighted by atomic mass is 10.1. The molecule has 146 valence electrons. The maximum atomic E-state index is 5.47. The first-order valence-electron chi connectivity index (χ1n) is 9.45. The second-order valence-corrected chi connectivity index (χ2v) is 7.24. The minimum Gasteiger partial charge on any atom is -0.495 e. The molecule has 0 bridgehead atoms. The highest BCUT2D eigenvalue weighted by molar-refractivity contribution is 5.40. The van der Waals surface area contributed by atoms with Crippen molar-refractivity contribution in [1.29, 1.82) is 0 Å². The van der Waals surface area contributed by atoms with Gasteiger partial charge < -0.3 is 14.5 Å². The van der Waals surface area contributed by atoms with E-state index in [0.717, 1.165) is 61.5 Å². The monoisotopic (exact) mass is 370 g/mol. The summed E-state index contributed by atoms with van der Waals surface area (Å²) < 4.78 is 5.47. The quantitative estimate of drug-likeness (QED) is 0.772. The Labute approximate surface area is 162 Å². The van der Waals surface area contributed by atoms with Gasteiger partial charge in [0, 0.05) is 45.0 Å². The molecule has 1 aliphatic rings. The minimum atomic E-state index is 0.114. The van der Waals surface area contributed by atoms with Gasteiger partial charge in [-0.05, 0) is 40.1 Å². The highest BCUT2D eigenvalue weighted by Crippen LogP contribution is 2.27. The topological polar surface area (TPSA) is 57.6 Å². The van der Waals surface area contributed by atoms with Gasteiger partial charge in [-0.25, -0.2) is 9.97 Å². The molecule has 0 radical (unpaired) electrons. The molecule has 0 amide bonds. The Kier molecular flexibility index (Phi) is 6.23. The first-order valence-corrected chi connectivity index (χ1v) is 9.45. The van der Waals surface area contributed by atoms with Gasteiger partial charge in [0.05, 0.1) is 24.5 Å². The zero-order valence-electron chi connectivity index (χ0n) is 17.0. The summed E-state index contributed by atoms with van der Waals surface area (Å²) in [5.74, 6) is 2.66. The van der Waals surface area contributed by atoms with Gasteiger partial charge in [-0.3, -0.25) is 9.88 Å². The summed E-state index contributed by atoms with van der Waals surface area (Å²) in [7, 11) is 5.94. The SMILES string of the molecule is COc1cccnc1[C@H](C)N(C)Cc1cc(N2CCN(C)CC2)nc(C)n1. The maximum Gasteiger partial charge on any atom is 0.141 e. The van der Waals surface area contributed by atoms with Crippen molar-refractivity contribution in [3.63, 3.8) is 0 Å². The molecule has 3 heterocycles. The van der Waals surface area contributed by atoms with E-state index in [1.165, 1.54) is 0 Å². The Morgan fingerprint density at radius 3 is 2.67 bits per heavy atom. The van der Waals surface area contributed by atoms with Gasteiger partial charge in [0.1, 0.15) is 17.4 Å². The van der Waals surface area contributed by atoms with Crippen LogP contribution in [-0.4, -0.2) is 72.1 Å². The molecule has 0 saturated carbocycles. The molecule has 0 aliphatic carbocycles. The summed E-state index contributed by atoms with van der Waals surface area (Å²) in [5.41, 5.74) is 1.97. The molecule has 27 heavy (non-hydrogen) atoms. The number of aromatic nitrogens is 3. The number of likely N-dealkylation sites (N-methyl/N-ethyl adjacent to an activating group) is 1. The van der Waals surface area contributed by atoms with Gasteiger partial charge in [0.2, 0.25) is 0 Å². The van der Waals surface area contributed by atoms with Crippen molar-refractivity contribution in [2.24, 2.45) is 0 Å². The van der Waals surface area contributed by atoms with Crippen LogP contribution in [0.3, 0.4) is 0 Å². The zero-order chi connectivity index (χ0) is 19.4. The molecule has 0 N–H and O–H groups in total. The highest BCUT2D eigenvalue weighted by Gasteiger charge is 2.20. The normalized spacial score (nSPS) is 16.6. The molecule has 2 aromatic rings. The van der Waals surface area contributed by atoms with Crippen LogP contribution in [0.2, 0.25) is 0 Å². The number of nitrogens with zero attached hydrogens (tertiary/aromatic N) is 6. The Bertz CT molecular complexity index is 760. The van der Waals surface area contributed by atoms with Crippen molar-refractivity contribution >= 4 is 5.82 Å². The smallest absolute Gasteiger partial charge is 0.141 e. The summed E-state index contributed by atoms with van der Waals surface area (Å²) in [4.78, 5) is 20.8. The lowest BCUT2D eigenvalue weighted by Crippen LogP contribution is -2.45. The van der Waals surface area contributed by atoms with Gasteiger partial charge >= 0.3 is 0 Å². The van der Waals surface area contributed by atoms with E-state index in [1.54, 1.807) is 7.11 Å². The van der Waals surface area contributed by atoms with Crippen LogP contribution in [-0.2, 0) is 6.54 Å². The lowest BCUT2D eigenvalue weighted by molar-refractivity contribution is 0.239. The maximum absolute atomic E-state index is 5.47. The van der Waals surface area contributed by atoms with Crippen LogP contribution in [0.25, 0.3) is 0 Å². The number of anilines is 1. The third-order valence-electron chi connectivity index (χ3n) is 5.19. The number of rotatable bonds is 6. The zero-order valence-corrected chi connectivity index (χ0v) is 17.0. The van der Waals surface area contributed by atoms with E-state index in [-0.39, 0.29) is 6.04 Å². The van der Waals surface area contributed by atoms with Crippen molar-refractivity contribution < 1.29 is 4.74 Å². The molecule has 7 heteroatoms. The van der Waals surface area contributed by atoms with Crippen molar-refractivity contribution in [2.45, 2.75) is 26.4 Å². The average molecular weight is 371 g/mol. The molecule has 2 aromatic heterocycles. The van der Waals surface area contributed by atoms with E-state index in [0.29, 0.717) is 0 Å². The van der Waals surface area contributed by atoms with Crippen LogP contribution < -0.4 is 9.64 Å². The summed E-state index contributed by atoms with van der Waals surface area (Å²) in [5, 5.41) is 0. The Balaban J connectivity index is 1.74. The predicted molar refractivity (Wildman–Crippen MR) is 107 cm³/mol. The Hall–Kier alpha value is -2.25. The van der Waals surface area contributed by atoms with Crippen LogP contribution in [0.5, 0.6) is 5.75 Å². The van der Waals surface area contributed by atoms with E-state index in [9.17, 15) is 0 Å². The molecular weight excluding hydrogens is 340 g/mol. The molecular formula is C20H30N6O. The molecule has 0 aromatic carbocycles. The van der Waals surface area contributed by atoms with E-state index in [4.69, 9.17) is 4.74 Å². The molecule has 0 spiro atoms. The summed E-state index contributed by atoms with van der Waals surface area (Å²) in [6.07, 6.45) is 1.81. The molecule has 1 atom stereocenters. The van der Waals surface area contributed by atoms with Crippen molar-refractivity contribution in [3.8, 4) is 5.75 Å². The summed E-state index contributed by atoms with van der Waals surface area (Å²) in [6, 6.07) is 6.08. The Morgan fingerprint density at radius 2 is 1.96 bits per heavy atom. The molecule has 1 aliphatic heterocycles. The fraction of sp³-hybridized carbons (Fsp3) is 0.550. The number of hydrogen-bond donors (Lipinski definition) is 0. The van der Waals surface area contributed by atoms with Gasteiger partial charge in [-0.1, -0.05) is 0 Å². The second kappa shape index (κ2) is 8.63. The van der Waals surface area contributed by atoms with Crippen LogP contribution in [0.1, 0.15) is 30.2 Å². The number of piperazine rings is 1. The molecule has 1 saturated heterocycles. The number of ether oxygens (including phenoxy) is 1. The van der Waals surface area contributed by atoms with E-state index < -0.39 is 0 Å². The predicted octanol–water partition coefficient (Wildman–Crippen LogP) is 2.13. The van der Waals surface area contributed by atoms with Gasteiger partial charge in [0.15, 0.2) is 0 Å². The molecule has 0 unspecified atom stereocenters. The van der Waals surface area contributed by atoms with Crippen LogP contribution >= 0.6 is 0 Å². The van der Waals surface area contributed by atoms with Gasteiger partial charge in [0.25, 0.3) is 0 Å². The Morgan fingerprint density at radius 1 is 1.22 bits per heavy atom. The van der Waals surface area contributed by atoms with Gasteiger partial charge in [-0.2, -0.15) is 0 Å². The largest absolute Gasteiger partial charge is 0.495 e. The van der Waals surface area contributed by atoms with Crippen molar-refractivity contribution in [2.75, 3.05) is 52.3 Å². The van der Waals surface area contributed by atoms with E-state index in [2.05, 4.69) is 56.7 Å². The summed E-state index contributed by atoms with van der Waals surface area (Å²) in [6.45, 7) is 8.97. The lowest BCUT2D eigenvalue weighted by Gasteiger charge is -2.33. The summed E-state index contributed by atoms with van der Waals surface area (Å²) >= 11 is 0. The standard InChI is InChI=1S/C20H30N6O/c1-15(20-18(27-5)7-6-8-21-20)25(4)14-17-13-19(23-16(2)22-17)26-11-9-24(3)10-12-26/h6-8,13,15H,9-12,14H2,1-5H3/t15-/m0/s1. The third kappa shape index (κ3) is 4.73. The van der Waals surface area contributed by atoms with E-state index >= 15 is 0 Å². The minimum absolute atomic E-state index is 0.114. The molecule has 3 rings (SSSR count). The first kappa shape index (κ1) is 19.5. The molecule has 1 fully saturated rings. The second-order valence-electron chi connectivity index (χ2n) is 7.24. The van der Waals surface area contributed by atoms with Crippen LogP contribution in [0.15, 0.2) is 24.4 Å². The highest BCUT2D eigenvalue weighted by atomic mass is 16.5. The van der Waals surface area contributed by atoms with Crippen LogP contribution in [0, 0.1) is 6.92 Å². The third-order valence-corrected chi connectivity index (χ3v) is 5.19. The first-order chi connectivity index (χ1) is 13.0. The van der Waals surface area contributed by atoms with Gasteiger partial charge in [-0.15, -0.1) is 0 Å². The number of hydrogen-bond acceptors (Lipinski definition) is 7. The van der Waals surface area contributed by atoms with Crippen molar-refractivity contribution in [3.05, 3.63) is 41.6 Å². The number of aryl methyl sites for hydroxylation is 1. The fourth-order valence-corrected chi connectivity index (χ4v) is 3.38. The van der Waals surface area contributed by atoms with Crippen LogP contribution in [0.4, 0.5) is 5.82 Å². The van der Waals surface area contributed by atoms with E-state index in [1.807, 2.05) is 25.3 Å². The van der Waals surface area contributed by atoms with Crippen molar-refractivity contribution in [1.82, 2.24) is 24.8 Å². The number of pyridine rings is 1. The molecule has 7 nitrogen and oxygen atoms in total. The fourth-order valence-electron chi connectivity index (χ4n) is 3.38.